The van der Waals surface area contributed by atoms with E-state index in [0.29, 0.717) is 0 Å². The smallest absolute Gasteiger partial charge is 0.0233 e. The normalized spacial score (nSPS) is 11.5. The summed E-state index contributed by atoms with van der Waals surface area (Å²) in [5.41, 5.74) is 28.0. The number of hydrogen-bond acceptors (Lipinski definition) is 0. The van der Waals surface area contributed by atoms with E-state index < -0.39 is 0 Å². The quantitative estimate of drug-likeness (QED) is 0.0334. The Morgan fingerprint density at radius 1 is 0.122 bits per heavy atom. The van der Waals surface area contributed by atoms with Crippen LogP contribution in [0, 0.1) is 0 Å². The first kappa shape index (κ1) is 72.0. The molecule has 0 heteroatoms. The lowest BCUT2D eigenvalue weighted by atomic mass is 9.76. The molecule has 0 aliphatic rings. The first-order valence-electron chi connectivity index (χ1n) is 38.0. The van der Waals surface area contributed by atoms with Crippen molar-refractivity contribution < 1.29 is 0 Å². The number of aryl methyl sites for hydroxylation is 12. The van der Waals surface area contributed by atoms with Gasteiger partial charge in [-0.1, -0.05) is 303 Å². The molecule has 486 valence electrons. The highest BCUT2D eigenvalue weighted by molar-refractivity contribution is 5.55. The lowest BCUT2D eigenvalue weighted by Crippen LogP contribution is -2.18. The van der Waals surface area contributed by atoms with Gasteiger partial charge in [0.05, 0.1) is 0 Å². The van der Waals surface area contributed by atoms with Crippen molar-refractivity contribution in [2.75, 3.05) is 0 Å². The number of benzene rings is 7. The van der Waals surface area contributed by atoms with Crippen molar-refractivity contribution in [3.05, 3.63) is 246 Å². The maximum absolute atomic E-state index is 2.50. The zero-order chi connectivity index (χ0) is 63.1. The minimum absolute atomic E-state index is 1.07. The van der Waals surface area contributed by atoms with E-state index >= 15 is 0 Å². The standard InChI is InChI=1S/C90H126/c1-7-13-19-25-31-73-37-49-79(50-38-73)61-67-85-86(68-62-80-51-39-74(40-52-80)32-26-20-14-8-2)88(70-64-82-55-43-76(44-56-82)34-28-22-16-10-4)90(72-66-84-59-47-78(48-60-84)36-30-24-18-12-6)89(71-65-83-57-45-77(46-58-83)35-29-23-17-11-5)87(85)69-63-81-53-41-75(42-54-81)33-27-21-15-9-3/h37-60H,7-36,61-72H2,1-6H3. The van der Waals surface area contributed by atoms with Gasteiger partial charge in [0.2, 0.25) is 0 Å². The number of rotatable bonds is 48. The SMILES string of the molecule is CCCCCCc1ccc(CCc2c(CCc3ccc(CCCCCC)cc3)c(CCc3ccc(CCCCCC)cc3)c(CCc3ccc(CCCCCC)cc3)c(CCc3ccc(CCCCCC)cc3)c2CCc2ccc(CCCCCC)cc2)cc1. The second-order valence-corrected chi connectivity index (χ2v) is 27.6. The predicted molar refractivity (Wildman–Crippen MR) is 397 cm³/mol. The van der Waals surface area contributed by atoms with E-state index in [0.717, 1.165) is 77.0 Å². The molecular weight excluding hydrogens is 1080 g/mol. The summed E-state index contributed by atoms with van der Waals surface area (Å²) in [5.74, 6) is 0. The first-order valence-corrected chi connectivity index (χ1v) is 38.0. The summed E-state index contributed by atoms with van der Waals surface area (Å²) in [4.78, 5) is 0. The van der Waals surface area contributed by atoms with E-state index in [1.807, 2.05) is 0 Å². The monoisotopic (exact) mass is 1210 g/mol. The van der Waals surface area contributed by atoms with Crippen LogP contribution in [0.3, 0.4) is 0 Å². The molecule has 7 aromatic rings. The summed E-state index contributed by atoms with van der Waals surface area (Å²) in [6, 6.07) is 59.6. The molecule has 90 heavy (non-hydrogen) atoms. The van der Waals surface area contributed by atoms with Crippen molar-refractivity contribution in [3.63, 3.8) is 0 Å². The molecule has 0 heterocycles. The van der Waals surface area contributed by atoms with Gasteiger partial charge in [0.25, 0.3) is 0 Å². The van der Waals surface area contributed by atoms with Crippen LogP contribution in [0.25, 0.3) is 0 Å². The maximum Gasteiger partial charge on any atom is -0.0233 e. The molecule has 0 nitrogen and oxygen atoms in total. The number of hydrogen-bond donors (Lipinski definition) is 0. The Kier molecular flexibility index (Phi) is 34.7. The highest BCUT2D eigenvalue weighted by Gasteiger charge is 2.24. The summed E-state index contributed by atoms with van der Waals surface area (Å²) >= 11 is 0. The Morgan fingerprint density at radius 2 is 0.233 bits per heavy atom. The van der Waals surface area contributed by atoms with Gasteiger partial charge in [-0.3, -0.25) is 0 Å². The van der Waals surface area contributed by atoms with Gasteiger partial charge in [0.15, 0.2) is 0 Å². The van der Waals surface area contributed by atoms with E-state index in [1.54, 1.807) is 33.4 Å². The zero-order valence-corrected chi connectivity index (χ0v) is 58.6. The van der Waals surface area contributed by atoms with Crippen LogP contribution in [0.2, 0.25) is 0 Å². The van der Waals surface area contributed by atoms with Gasteiger partial charge in [-0.2, -0.15) is 0 Å². The number of unbranched alkanes of at least 4 members (excludes halogenated alkanes) is 18. The highest BCUT2D eigenvalue weighted by atomic mass is 14.3. The van der Waals surface area contributed by atoms with Crippen LogP contribution >= 0.6 is 0 Å². The third-order valence-corrected chi connectivity index (χ3v) is 20.2. The summed E-state index contributed by atoms with van der Waals surface area (Å²) in [6.07, 6.45) is 51.5. The Hall–Kier alpha value is -5.46. The molecule has 0 atom stereocenters. The van der Waals surface area contributed by atoms with Crippen LogP contribution in [0.5, 0.6) is 0 Å². The average molecular weight is 1210 g/mol. The Balaban J connectivity index is 1.38. The van der Waals surface area contributed by atoms with E-state index in [9.17, 15) is 0 Å². The van der Waals surface area contributed by atoms with E-state index in [4.69, 9.17) is 0 Å². The minimum atomic E-state index is 1.07. The maximum atomic E-state index is 2.50. The first-order chi connectivity index (χ1) is 44.4. The van der Waals surface area contributed by atoms with Crippen molar-refractivity contribution in [1.82, 2.24) is 0 Å². The Labute approximate surface area is 553 Å². The van der Waals surface area contributed by atoms with Gasteiger partial charge in [0.1, 0.15) is 0 Å². The van der Waals surface area contributed by atoms with Gasteiger partial charge in [-0.15, -0.1) is 0 Å². The third-order valence-electron chi connectivity index (χ3n) is 20.2. The second kappa shape index (κ2) is 43.4. The highest BCUT2D eigenvalue weighted by Crippen LogP contribution is 2.36. The summed E-state index contributed by atoms with van der Waals surface area (Å²) in [7, 11) is 0. The predicted octanol–water partition coefficient (Wildman–Crippen LogP) is 25.1. The molecule has 0 fully saturated rings. The van der Waals surface area contributed by atoms with Crippen molar-refractivity contribution in [1.29, 1.82) is 0 Å². The molecule has 0 saturated carbocycles. The lowest BCUT2D eigenvalue weighted by Gasteiger charge is -2.28. The fraction of sp³-hybridized carbons (Fsp3) is 0.533. The van der Waals surface area contributed by atoms with Crippen LogP contribution < -0.4 is 0 Å². The fourth-order valence-electron chi connectivity index (χ4n) is 14.3. The van der Waals surface area contributed by atoms with Crippen molar-refractivity contribution in [2.45, 2.75) is 311 Å². The van der Waals surface area contributed by atoms with Crippen LogP contribution in [0.15, 0.2) is 146 Å². The molecule has 0 aliphatic carbocycles. The molecule has 0 spiro atoms. The topological polar surface area (TPSA) is 0 Å². The van der Waals surface area contributed by atoms with Crippen molar-refractivity contribution in [2.24, 2.45) is 0 Å². The molecule has 0 unspecified atom stereocenters. The summed E-state index contributed by atoms with van der Waals surface area (Å²) in [5, 5.41) is 0. The Morgan fingerprint density at radius 3 is 0.344 bits per heavy atom. The molecular formula is C90H126. The van der Waals surface area contributed by atoms with Gasteiger partial charge >= 0.3 is 0 Å². The molecule has 0 radical (unpaired) electrons. The zero-order valence-electron chi connectivity index (χ0n) is 58.6. The van der Waals surface area contributed by atoms with Gasteiger partial charge < -0.3 is 0 Å². The molecule has 7 rings (SSSR count). The molecule has 0 N–H and O–H groups in total. The van der Waals surface area contributed by atoms with Crippen LogP contribution in [0.1, 0.15) is 296 Å². The molecule has 0 saturated heterocycles. The lowest BCUT2D eigenvalue weighted by molar-refractivity contribution is 0.666. The fourth-order valence-corrected chi connectivity index (χ4v) is 14.3. The Bertz CT molecular complexity index is 2400. The molecule has 0 aliphatic heterocycles. The van der Waals surface area contributed by atoms with E-state index in [2.05, 4.69) is 187 Å². The van der Waals surface area contributed by atoms with Crippen LogP contribution in [-0.4, -0.2) is 0 Å². The summed E-state index contributed by atoms with van der Waals surface area (Å²) < 4.78 is 0. The molecule has 0 amide bonds. The van der Waals surface area contributed by atoms with Crippen LogP contribution in [0.4, 0.5) is 0 Å². The molecule has 0 bridgehead atoms. The minimum Gasteiger partial charge on any atom is -0.0654 e. The van der Waals surface area contributed by atoms with E-state index in [-0.39, 0.29) is 0 Å². The average Bonchev–Trinajstić information content (AvgIpc) is 0.805. The third kappa shape index (κ3) is 26.3. The van der Waals surface area contributed by atoms with Crippen molar-refractivity contribution >= 4 is 0 Å². The van der Waals surface area contributed by atoms with Gasteiger partial charge in [0, 0.05) is 0 Å². The second-order valence-electron chi connectivity index (χ2n) is 27.6. The molecule has 7 aromatic carbocycles. The van der Waals surface area contributed by atoms with Gasteiger partial charge in [-0.25, -0.2) is 0 Å². The van der Waals surface area contributed by atoms with Crippen LogP contribution in [-0.2, 0) is 116 Å². The largest absolute Gasteiger partial charge is 0.0654 e. The van der Waals surface area contributed by atoms with Gasteiger partial charge in [-0.05, 0) is 254 Å². The van der Waals surface area contributed by atoms with Crippen molar-refractivity contribution in [3.8, 4) is 0 Å². The summed E-state index contributed by atoms with van der Waals surface area (Å²) in [6.45, 7) is 13.9. The molecule has 0 aromatic heterocycles. The van der Waals surface area contributed by atoms with E-state index in [1.165, 1.54) is 259 Å².